The molecule has 1 saturated carbocycles. The number of hydrogen-bond donors (Lipinski definition) is 2. The van der Waals surface area contributed by atoms with Crippen molar-refractivity contribution in [1.29, 1.82) is 0 Å². The van der Waals surface area contributed by atoms with Crippen molar-refractivity contribution < 1.29 is 57.2 Å². The van der Waals surface area contributed by atoms with E-state index < -0.39 is 101 Å². The summed E-state index contributed by atoms with van der Waals surface area (Å²) in [6, 6.07) is 1.83. The van der Waals surface area contributed by atoms with Crippen molar-refractivity contribution >= 4 is 46.1 Å². The van der Waals surface area contributed by atoms with Crippen molar-refractivity contribution in [1.82, 2.24) is 19.3 Å². The number of ketones is 2. The number of primary amides is 1. The van der Waals surface area contributed by atoms with Crippen LogP contribution in [-0.4, -0.2) is 168 Å². The molecule has 5 heterocycles. The molecule has 2 aromatic rings. The molecule has 0 bridgehead atoms. The van der Waals surface area contributed by atoms with Crippen molar-refractivity contribution in [3.63, 3.8) is 0 Å². The summed E-state index contributed by atoms with van der Waals surface area (Å²) in [5, 5.41) is 11.6. The molecular formula is C51H75FN6O12. The number of cyclic esters (lactones) is 1. The molecule has 3 N–H and O–H groups in total. The van der Waals surface area contributed by atoms with Gasteiger partial charge in [-0.3, -0.25) is 28.9 Å². The van der Waals surface area contributed by atoms with Gasteiger partial charge in [-0.05, 0) is 99.0 Å². The fourth-order valence-electron chi connectivity index (χ4n) is 11.8. The van der Waals surface area contributed by atoms with E-state index in [9.17, 15) is 33.9 Å². The van der Waals surface area contributed by atoms with E-state index in [0.29, 0.717) is 56.8 Å². The first-order chi connectivity index (χ1) is 33.0. The number of nitrogens with two attached hydrogens (primary N) is 1. The number of esters is 1. The van der Waals surface area contributed by atoms with E-state index in [0.717, 1.165) is 12.8 Å². The van der Waals surface area contributed by atoms with Crippen molar-refractivity contribution in [2.24, 2.45) is 29.4 Å². The predicted octanol–water partition coefficient (Wildman–Crippen LogP) is 4.29. The molecule has 388 valence electrons. The van der Waals surface area contributed by atoms with Gasteiger partial charge in [0.15, 0.2) is 17.7 Å². The largest absolute Gasteiger partial charge is 0.458 e. The molecule has 4 saturated heterocycles. The van der Waals surface area contributed by atoms with Crippen LogP contribution in [0, 0.1) is 29.5 Å². The quantitative estimate of drug-likeness (QED) is 0.224. The highest BCUT2D eigenvalue weighted by Gasteiger charge is 2.60. The predicted molar refractivity (Wildman–Crippen MR) is 258 cm³/mol. The topological polar surface area (TPSA) is 213 Å². The number of amides is 2. The number of aromatic nitrogens is 1. The summed E-state index contributed by atoms with van der Waals surface area (Å²) in [6.45, 7) is 16.7. The van der Waals surface area contributed by atoms with E-state index in [2.05, 4.69) is 4.90 Å². The van der Waals surface area contributed by atoms with Crippen LogP contribution in [0.5, 0.6) is 0 Å². The average molecular weight is 983 g/mol. The van der Waals surface area contributed by atoms with Gasteiger partial charge < -0.3 is 53.8 Å². The van der Waals surface area contributed by atoms with Gasteiger partial charge in [-0.25, -0.2) is 9.18 Å². The summed E-state index contributed by atoms with van der Waals surface area (Å²) in [4.78, 5) is 90.4. The number of ether oxygens (including phenoxy) is 5. The third kappa shape index (κ3) is 10.2. The Morgan fingerprint density at radius 2 is 1.64 bits per heavy atom. The van der Waals surface area contributed by atoms with Gasteiger partial charge >= 0.3 is 12.1 Å². The Balaban J connectivity index is 1.09. The number of likely N-dealkylation sites (N-methyl/N-ethyl adjacent to an activating group) is 1. The third-order valence-corrected chi connectivity index (χ3v) is 16.1. The highest BCUT2D eigenvalue weighted by Crippen LogP contribution is 2.44. The molecule has 1 aromatic heterocycles. The van der Waals surface area contributed by atoms with Crippen LogP contribution in [0.15, 0.2) is 23.1 Å². The zero-order valence-electron chi connectivity index (χ0n) is 42.8. The SMILES string of the molecule is CC[C@H]1OC(=O)[C@H](C)C(=O)[C@H](C)[C@@H](O[C@@H]2O[C@H](C)C[C@H](N(C)C)[C@H]2O)[C@](C)(OC)C[C@@H](C)C(=O)[C@H](C)[C@H]2N(CCCN3CCN(c4cc5c(cc4F)c(=O)c(C(N)=O)cn5C4CC4)CC3)C(=O)O[C@]12C. The molecule has 13 atom stereocenters. The number of rotatable bonds is 12. The molecular weight excluding hydrogens is 908 g/mol. The molecule has 1 aromatic carbocycles. The number of aliphatic hydroxyl groups is 1. The lowest BCUT2D eigenvalue weighted by Gasteiger charge is -2.47. The number of carbonyl (C=O) groups is 5. The molecule has 18 nitrogen and oxygen atoms in total. The number of piperazine rings is 1. The summed E-state index contributed by atoms with van der Waals surface area (Å²) in [5.74, 6) is -6.67. The summed E-state index contributed by atoms with van der Waals surface area (Å²) in [5.41, 5.74) is 2.89. The number of benzene rings is 1. The van der Waals surface area contributed by atoms with Crippen molar-refractivity contribution in [2.45, 2.75) is 154 Å². The minimum atomic E-state index is -1.47. The first-order valence-electron chi connectivity index (χ1n) is 25.1. The fourth-order valence-corrected chi connectivity index (χ4v) is 11.8. The first-order valence-corrected chi connectivity index (χ1v) is 25.1. The maximum atomic E-state index is 15.8. The van der Waals surface area contributed by atoms with Crippen LogP contribution >= 0.6 is 0 Å². The lowest BCUT2D eigenvalue weighted by molar-refractivity contribution is -0.295. The van der Waals surface area contributed by atoms with E-state index in [1.165, 1.54) is 26.3 Å². The van der Waals surface area contributed by atoms with Gasteiger partial charge in [-0.2, -0.15) is 0 Å². The molecule has 2 amide bonds. The number of methoxy groups -OCH3 is 1. The molecule has 5 fully saturated rings. The third-order valence-electron chi connectivity index (χ3n) is 16.1. The Bertz CT molecular complexity index is 2370. The smallest absolute Gasteiger partial charge is 0.410 e. The molecule has 1 aliphatic carbocycles. The lowest BCUT2D eigenvalue weighted by atomic mass is 9.73. The fraction of sp³-hybridized carbons (Fsp3) is 0.725. The minimum absolute atomic E-state index is 0.0875. The van der Waals surface area contributed by atoms with E-state index in [4.69, 9.17) is 29.4 Å². The Kier molecular flexibility index (Phi) is 15.9. The Morgan fingerprint density at radius 1 is 0.971 bits per heavy atom. The van der Waals surface area contributed by atoms with Crippen LogP contribution in [-0.2, 0) is 38.1 Å². The second-order valence-electron chi connectivity index (χ2n) is 21.3. The number of aliphatic hydroxyl groups excluding tert-OH is 1. The summed E-state index contributed by atoms with van der Waals surface area (Å²) in [7, 11) is 5.20. The number of Topliss-reactive ketones (excluding diaryl/α,β-unsaturated/α-hetero) is 2. The maximum absolute atomic E-state index is 15.8. The van der Waals surface area contributed by atoms with Crippen LogP contribution in [0.25, 0.3) is 10.9 Å². The minimum Gasteiger partial charge on any atom is -0.458 e. The summed E-state index contributed by atoms with van der Waals surface area (Å²) in [6.07, 6.45) is -0.662. The summed E-state index contributed by atoms with van der Waals surface area (Å²) < 4.78 is 49.0. The molecule has 19 heteroatoms. The maximum Gasteiger partial charge on any atom is 0.410 e. The highest BCUT2D eigenvalue weighted by molar-refractivity contribution is 6.00. The van der Waals surface area contributed by atoms with Crippen molar-refractivity contribution in [3.8, 4) is 0 Å². The molecule has 7 rings (SSSR count). The number of fused-ring (bicyclic) bond motifs is 2. The summed E-state index contributed by atoms with van der Waals surface area (Å²) >= 11 is 0. The van der Waals surface area contributed by atoms with Crippen molar-refractivity contribution in [3.05, 3.63) is 39.9 Å². The number of pyridine rings is 1. The monoisotopic (exact) mass is 983 g/mol. The normalized spacial score (nSPS) is 35.2. The van der Waals surface area contributed by atoms with Crippen LogP contribution < -0.4 is 16.1 Å². The van der Waals surface area contributed by atoms with Gasteiger partial charge in [-0.1, -0.05) is 27.7 Å². The number of hydrogen-bond acceptors (Lipinski definition) is 15. The average Bonchev–Trinajstić information content (AvgIpc) is 4.13. The number of halogens is 1. The van der Waals surface area contributed by atoms with E-state index in [1.807, 2.05) is 35.4 Å². The van der Waals surface area contributed by atoms with Gasteiger partial charge in [0.25, 0.3) is 5.91 Å². The van der Waals surface area contributed by atoms with Crippen molar-refractivity contribution in [2.75, 3.05) is 65.4 Å². The number of nitrogens with zero attached hydrogens (tertiary/aromatic N) is 5. The second kappa shape index (κ2) is 20.9. The molecule has 0 radical (unpaired) electrons. The van der Waals surface area contributed by atoms with Gasteiger partial charge in [0.1, 0.15) is 35.3 Å². The van der Waals surface area contributed by atoms with Gasteiger partial charge in [0.2, 0.25) is 5.43 Å². The Hall–Kier alpha value is -4.53. The van der Waals surface area contributed by atoms with E-state index in [-0.39, 0.29) is 54.3 Å². The van der Waals surface area contributed by atoms with Gasteiger partial charge in [0, 0.05) is 81.3 Å². The zero-order valence-corrected chi connectivity index (χ0v) is 42.8. The number of anilines is 1. The Labute approximate surface area is 410 Å². The molecule has 0 spiro atoms. The van der Waals surface area contributed by atoms with Crippen LogP contribution in [0.1, 0.15) is 110 Å². The zero-order chi connectivity index (χ0) is 51.3. The lowest BCUT2D eigenvalue weighted by Crippen LogP contribution is -2.60. The highest BCUT2D eigenvalue weighted by atomic mass is 19.1. The first kappa shape index (κ1) is 53.3. The van der Waals surface area contributed by atoms with Gasteiger partial charge in [0.05, 0.1) is 35.1 Å². The number of carbonyl (C=O) groups excluding carboxylic acids is 5. The molecule has 0 unspecified atom stereocenters. The molecule has 70 heavy (non-hydrogen) atoms. The molecule has 5 aliphatic rings. The second-order valence-corrected chi connectivity index (χ2v) is 21.3. The van der Waals surface area contributed by atoms with Crippen LogP contribution in [0.2, 0.25) is 0 Å². The standard InChI is InChI=1S/C51H75FN6O12/c1-12-39-51(8)44(29(4)40(59)27(2)25-50(7,66-11)45(30(5)41(60)31(6)47(64)68-39)69-48-43(62)38(54(9)10)22-28(3)67-48)57(49(65)70-51)17-13-16-55-18-20-56(21-19-55)37-24-36-33(23-35(37)52)42(61)34(46(53)63)26-58(36)32-14-15-32/h23-24,26-32,38-39,43-45,48,62H,12-22,25H2,1-11H3,(H2,53,63)/t27-,28-,29+,30+,31-,38+,39-,43-,44-,45-,48+,50-,51-/m1/s1. The van der Waals surface area contributed by atoms with E-state index >= 15 is 4.39 Å². The van der Waals surface area contributed by atoms with Gasteiger partial charge in [-0.15, -0.1) is 0 Å². The van der Waals surface area contributed by atoms with Crippen LogP contribution in [0.4, 0.5) is 14.9 Å². The Morgan fingerprint density at radius 3 is 2.24 bits per heavy atom. The molecule has 4 aliphatic heterocycles. The van der Waals surface area contributed by atoms with Crippen LogP contribution in [0.3, 0.4) is 0 Å². The van der Waals surface area contributed by atoms with E-state index in [1.54, 1.807) is 52.5 Å².